The second-order valence-electron chi connectivity index (χ2n) is 6.47. The van der Waals surface area contributed by atoms with Crippen LogP contribution in [-0.4, -0.2) is 42.2 Å². The molecule has 0 spiro atoms. The molecule has 4 heteroatoms. The summed E-state index contributed by atoms with van der Waals surface area (Å²) >= 11 is 0. The summed E-state index contributed by atoms with van der Waals surface area (Å²) in [6.07, 6.45) is 0.976. The molecule has 2 aromatic rings. The van der Waals surface area contributed by atoms with E-state index in [1.165, 1.54) is 10.8 Å². The lowest BCUT2D eigenvalue weighted by molar-refractivity contribution is -0.122. The molecule has 1 fully saturated rings. The van der Waals surface area contributed by atoms with E-state index in [2.05, 4.69) is 40.5 Å². The molecule has 1 aliphatic rings. The molecule has 2 atom stereocenters. The Labute approximate surface area is 137 Å². The van der Waals surface area contributed by atoms with Crippen molar-refractivity contribution >= 4 is 16.7 Å². The molecule has 3 rings (SSSR count). The van der Waals surface area contributed by atoms with Gasteiger partial charge in [0.2, 0.25) is 5.91 Å². The highest BCUT2D eigenvalue weighted by atomic mass is 16.3. The molecule has 1 saturated heterocycles. The first-order valence-corrected chi connectivity index (χ1v) is 8.27. The number of nitrogens with zero attached hydrogens (tertiary/aromatic N) is 1. The predicted octanol–water partition coefficient (Wildman–Crippen LogP) is 2.33. The minimum Gasteiger partial charge on any atom is -0.396 e. The molecule has 0 radical (unpaired) electrons. The average Bonchev–Trinajstić information content (AvgIpc) is 3.01. The standard InChI is InChI=1S/C19H24N2O2/c1-14(17-7-6-16-4-2-3-5-18(16)10-17)20-19(23)12-21-9-8-15(11-21)13-22/h2-7,10,14-15,22H,8-9,11-13H2,1H3,(H,20,23). The van der Waals surface area contributed by atoms with E-state index in [0.717, 1.165) is 25.1 Å². The number of aliphatic hydroxyl groups is 1. The maximum Gasteiger partial charge on any atom is 0.234 e. The van der Waals surface area contributed by atoms with Crippen molar-refractivity contribution in [3.05, 3.63) is 48.0 Å². The predicted molar refractivity (Wildman–Crippen MR) is 92.1 cm³/mol. The Morgan fingerprint density at radius 3 is 2.83 bits per heavy atom. The second-order valence-corrected chi connectivity index (χ2v) is 6.47. The van der Waals surface area contributed by atoms with Gasteiger partial charge < -0.3 is 10.4 Å². The van der Waals surface area contributed by atoms with Crippen molar-refractivity contribution in [1.82, 2.24) is 10.2 Å². The zero-order valence-electron chi connectivity index (χ0n) is 13.5. The van der Waals surface area contributed by atoms with Crippen molar-refractivity contribution < 1.29 is 9.90 Å². The number of hydrogen-bond donors (Lipinski definition) is 2. The smallest absolute Gasteiger partial charge is 0.234 e. The van der Waals surface area contributed by atoms with Crippen molar-refractivity contribution in [2.24, 2.45) is 5.92 Å². The highest BCUT2D eigenvalue weighted by Crippen LogP contribution is 2.20. The fourth-order valence-electron chi connectivity index (χ4n) is 3.26. The number of nitrogens with one attached hydrogen (secondary N) is 1. The molecule has 2 aromatic carbocycles. The Morgan fingerprint density at radius 2 is 2.09 bits per heavy atom. The highest BCUT2D eigenvalue weighted by molar-refractivity contribution is 5.83. The van der Waals surface area contributed by atoms with Gasteiger partial charge in [0, 0.05) is 13.2 Å². The zero-order valence-corrected chi connectivity index (χ0v) is 13.5. The van der Waals surface area contributed by atoms with Gasteiger partial charge in [-0.3, -0.25) is 9.69 Å². The molecule has 0 bridgehead atoms. The van der Waals surface area contributed by atoms with Crippen LogP contribution in [0.15, 0.2) is 42.5 Å². The number of likely N-dealkylation sites (tertiary alicyclic amines) is 1. The summed E-state index contributed by atoms with van der Waals surface area (Å²) in [5.74, 6) is 0.366. The van der Waals surface area contributed by atoms with Crippen molar-refractivity contribution in [2.45, 2.75) is 19.4 Å². The number of aliphatic hydroxyl groups excluding tert-OH is 1. The van der Waals surface area contributed by atoms with Gasteiger partial charge in [-0.1, -0.05) is 36.4 Å². The van der Waals surface area contributed by atoms with E-state index in [4.69, 9.17) is 0 Å². The SMILES string of the molecule is CC(NC(=O)CN1CCC(CO)C1)c1ccc2ccccc2c1. The minimum atomic E-state index is -0.0108. The molecule has 1 amide bonds. The molecule has 122 valence electrons. The van der Waals surface area contributed by atoms with Gasteiger partial charge in [0.1, 0.15) is 0 Å². The molecule has 0 aromatic heterocycles. The van der Waals surface area contributed by atoms with E-state index in [1.807, 2.05) is 19.1 Å². The van der Waals surface area contributed by atoms with Crippen LogP contribution in [0.3, 0.4) is 0 Å². The van der Waals surface area contributed by atoms with Crippen molar-refractivity contribution in [3.8, 4) is 0 Å². The Kier molecular flexibility index (Phi) is 4.94. The molecular formula is C19H24N2O2. The average molecular weight is 312 g/mol. The van der Waals surface area contributed by atoms with Crippen molar-refractivity contribution in [3.63, 3.8) is 0 Å². The molecule has 0 aliphatic carbocycles. The van der Waals surface area contributed by atoms with E-state index in [1.54, 1.807) is 0 Å². The van der Waals surface area contributed by atoms with Gasteiger partial charge in [0.05, 0.1) is 12.6 Å². The first-order chi connectivity index (χ1) is 11.2. The number of amides is 1. The molecule has 23 heavy (non-hydrogen) atoms. The molecule has 2 N–H and O–H groups in total. The first-order valence-electron chi connectivity index (χ1n) is 8.27. The van der Waals surface area contributed by atoms with Crippen LogP contribution in [0, 0.1) is 5.92 Å². The van der Waals surface area contributed by atoms with Crippen molar-refractivity contribution in [1.29, 1.82) is 0 Å². The van der Waals surface area contributed by atoms with Crippen LogP contribution < -0.4 is 5.32 Å². The van der Waals surface area contributed by atoms with Crippen LogP contribution in [0.5, 0.6) is 0 Å². The van der Waals surface area contributed by atoms with Crippen LogP contribution >= 0.6 is 0 Å². The third kappa shape index (κ3) is 3.89. The summed E-state index contributed by atoms with van der Waals surface area (Å²) in [4.78, 5) is 14.3. The number of benzene rings is 2. The summed E-state index contributed by atoms with van der Waals surface area (Å²) < 4.78 is 0. The molecular weight excluding hydrogens is 288 g/mol. The Bertz CT molecular complexity index is 686. The summed E-state index contributed by atoms with van der Waals surface area (Å²) in [7, 11) is 0. The van der Waals surface area contributed by atoms with Gasteiger partial charge in [0.15, 0.2) is 0 Å². The van der Waals surface area contributed by atoms with Gasteiger partial charge in [-0.2, -0.15) is 0 Å². The minimum absolute atomic E-state index is 0.0108. The van der Waals surface area contributed by atoms with Gasteiger partial charge in [-0.15, -0.1) is 0 Å². The van der Waals surface area contributed by atoms with E-state index in [0.29, 0.717) is 12.5 Å². The van der Waals surface area contributed by atoms with Gasteiger partial charge >= 0.3 is 0 Å². The molecule has 4 nitrogen and oxygen atoms in total. The Hall–Kier alpha value is -1.91. The maximum atomic E-state index is 12.2. The molecule has 1 heterocycles. The number of carbonyl (C=O) groups excluding carboxylic acids is 1. The highest BCUT2D eigenvalue weighted by Gasteiger charge is 2.23. The molecule has 0 saturated carbocycles. The summed E-state index contributed by atoms with van der Waals surface area (Å²) in [5, 5.41) is 14.7. The summed E-state index contributed by atoms with van der Waals surface area (Å²) in [5.41, 5.74) is 1.12. The lowest BCUT2D eigenvalue weighted by Gasteiger charge is -2.19. The molecule has 2 unspecified atom stereocenters. The van der Waals surface area contributed by atoms with Gasteiger partial charge in [-0.25, -0.2) is 0 Å². The first kappa shape index (κ1) is 16.0. The van der Waals surface area contributed by atoms with Crippen LogP contribution in [0.25, 0.3) is 10.8 Å². The maximum absolute atomic E-state index is 12.2. The van der Waals surface area contributed by atoms with Crippen LogP contribution in [0.2, 0.25) is 0 Å². The van der Waals surface area contributed by atoms with Crippen LogP contribution in [0.1, 0.15) is 24.9 Å². The number of rotatable bonds is 5. The lowest BCUT2D eigenvalue weighted by Crippen LogP contribution is -2.37. The summed E-state index contributed by atoms with van der Waals surface area (Å²) in [6, 6.07) is 14.5. The van der Waals surface area contributed by atoms with Crippen molar-refractivity contribution in [2.75, 3.05) is 26.2 Å². The second kappa shape index (κ2) is 7.11. The lowest BCUT2D eigenvalue weighted by atomic mass is 10.0. The van der Waals surface area contributed by atoms with Gasteiger partial charge in [-0.05, 0) is 48.2 Å². The van der Waals surface area contributed by atoms with E-state index < -0.39 is 0 Å². The fourth-order valence-corrected chi connectivity index (χ4v) is 3.26. The number of carbonyl (C=O) groups is 1. The number of fused-ring (bicyclic) bond motifs is 1. The van der Waals surface area contributed by atoms with Crippen LogP contribution in [0.4, 0.5) is 0 Å². The normalized spacial score (nSPS) is 19.8. The Balaban J connectivity index is 1.59. The van der Waals surface area contributed by atoms with Crippen LogP contribution in [-0.2, 0) is 4.79 Å². The quantitative estimate of drug-likeness (QED) is 0.891. The Morgan fingerprint density at radius 1 is 1.30 bits per heavy atom. The van der Waals surface area contributed by atoms with E-state index in [-0.39, 0.29) is 18.6 Å². The third-order valence-corrected chi connectivity index (χ3v) is 4.65. The summed E-state index contributed by atoms with van der Waals surface area (Å²) in [6.45, 7) is 4.35. The van der Waals surface area contributed by atoms with E-state index >= 15 is 0 Å². The number of hydrogen-bond acceptors (Lipinski definition) is 3. The topological polar surface area (TPSA) is 52.6 Å². The fraction of sp³-hybridized carbons (Fsp3) is 0.421. The largest absolute Gasteiger partial charge is 0.396 e. The van der Waals surface area contributed by atoms with Gasteiger partial charge in [0.25, 0.3) is 0 Å². The monoisotopic (exact) mass is 312 g/mol. The zero-order chi connectivity index (χ0) is 16.2. The third-order valence-electron chi connectivity index (χ3n) is 4.65. The molecule has 1 aliphatic heterocycles. The van der Waals surface area contributed by atoms with E-state index in [9.17, 15) is 9.90 Å².